The number of pyridine rings is 1. The number of rotatable bonds is 3. The Morgan fingerprint density at radius 2 is 2.08 bits per heavy atom. The van der Waals surface area contributed by atoms with Crippen LogP contribution in [0.5, 0.6) is 0 Å². The van der Waals surface area contributed by atoms with Crippen LogP contribution >= 0.6 is 11.3 Å². The fraction of sp³-hybridized carbons (Fsp3) is 0.278. The summed E-state index contributed by atoms with van der Waals surface area (Å²) in [6.07, 6.45) is -0.943. The van der Waals surface area contributed by atoms with E-state index in [9.17, 15) is 13.2 Å². The van der Waals surface area contributed by atoms with Gasteiger partial charge in [0.1, 0.15) is 0 Å². The maximum atomic E-state index is 12.8. The lowest BCUT2D eigenvalue weighted by Crippen LogP contribution is -2.31. The van der Waals surface area contributed by atoms with E-state index in [1.165, 1.54) is 6.20 Å². The number of thiophene rings is 1. The van der Waals surface area contributed by atoms with Gasteiger partial charge in [-0.25, -0.2) is 9.97 Å². The zero-order chi connectivity index (χ0) is 18.1. The van der Waals surface area contributed by atoms with E-state index in [0.29, 0.717) is 31.7 Å². The maximum absolute atomic E-state index is 12.8. The summed E-state index contributed by atoms with van der Waals surface area (Å²) in [5.41, 5.74) is 4.38. The highest BCUT2D eigenvalue weighted by molar-refractivity contribution is 7.08. The molecule has 1 aliphatic heterocycles. The number of hydrogen-bond acceptors (Lipinski definition) is 5. The summed E-state index contributed by atoms with van der Waals surface area (Å²) in [6.45, 7) is 1.87. The number of hydrogen-bond donors (Lipinski definition) is 0. The summed E-state index contributed by atoms with van der Waals surface area (Å²) in [4.78, 5) is 13.9. The molecule has 3 aromatic rings. The molecule has 0 fully saturated rings. The SMILES string of the molecule is FC(F)(F)c1ncc2c(n1)CCN(Cc1cccnc1-c1ccsc1)C2. The number of alkyl halides is 3. The van der Waals surface area contributed by atoms with Crippen LogP contribution in [0.3, 0.4) is 0 Å². The van der Waals surface area contributed by atoms with Crippen molar-refractivity contribution in [2.45, 2.75) is 25.7 Å². The second-order valence-corrected chi connectivity index (χ2v) is 6.93. The predicted octanol–water partition coefficient (Wildman–Crippen LogP) is 4.18. The Bertz CT molecular complexity index is 909. The molecule has 0 N–H and O–H groups in total. The van der Waals surface area contributed by atoms with Crippen LogP contribution in [0.15, 0.2) is 41.4 Å². The van der Waals surface area contributed by atoms with E-state index in [-0.39, 0.29) is 0 Å². The van der Waals surface area contributed by atoms with E-state index in [4.69, 9.17) is 0 Å². The molecule has 0 aliphatic carbocycles. The molecule has 0 spiro atoms. The first kappa shape index (κ1) is 17.1. The summed E-state index contributed by atoms with van der Waals surface area (Å²) in [6, 6.07) is 5.98. The molecule has 0 radical (unpaired) electrons. The van der Waals surface area contributed by atoms with E-state index < -0.39 is 12.0 Å². The van der Waals surface area contributed by atoms with Gasteiger partial charge in [-0.15, -0.1) is 0 Å². The molecular weight excluding hydrogens is 361 g/mol. The van der Waals surface area contributed by atoms with Gasteiger partial charge < -0.3 is 0 Å². The smallest absolute Gasteiger partial charge is 0.294 e. The Morgan fingerprint density at radius 3 is 2.85 bits per heavy atom. The van der Waals surface area contributed by atoms with Crippen LogP contribution in [0, 0.1) is 0 Å². The van der Waals surface area contributed by atoms with Crippen LogP contribution < -0.4 is 0 Å². The summed E-state index contributed by atoms with van der Waals surface area (Å²) in [5.74, 6) is -1.06. The highest BCUT2D eigenvalue weighted by Gasteiger charge is 2.35. The largest absolute Gasteiger partial charge is 0.451 e. The van der Waals surface area contributed by atoms with Crippen molar-refractivity contribution >= 4 is 11.3 Å². The quantitative estimate of drug-likeness (QED) is 0.688. The van der Waals surface area contributed by atoms with Crippen LogP contribution in [-0.2, 0) is 25.7 Å². The number of halogens is 3. The van der Waals surface area contributed by atoms with Gasteiger partial charge in [0.2, 0.25) is 5.82 Å². The Morgan fingerprint density at radius 1 is 1.19 bits per heavy atom. The van der Waals surface area contributed by atoms with E-state index in [0.717, 1.165) is 22.4 Å². The lowest BCUT2D eigenvalue weighted by molar-refractivity contribution is -0.145. The van der Waals surface area contributed by atoms with Gasteiger partial charge in [-0.05, 0) is 23.1 Å². The third kappa shape index (κ3) is 3.47. The van der Waals surface area contributed by atoms with Gasteiger partial charge in [0, 0.05) is 55.0 Å². The molecule has 26 heavy (non-hydrogen) atoms. The molecule has 0 bridgehead atoms. The van der Waals surface area contributed by atoms with Gasteiger partial charge in [0.15, 0.2) is 0 Å². The van der Waals surface area contributed by atoms with Crippen LogP contribution in [0.2, 0.25) is 0 Å². The molecule has 0 amide bonds. The molecule has 0 unspecified atom stereocenters. The van der Waals surface area contributed by atoms with Crippen molar-refractivity contribution in [3.8, 4) is 11.3 Å². The van der Waals surface area contributed by atoms with E-state index >= 15 is 0 Å². The van der Waals surface area contributed by atoms with Crippen molar-refractivity contribution < 1.29 is 13.2 Å². The average Bonchev–Trinajstić information content (AvgIpc) is 3.15. The maximum Gasteiger partial charge on any atom is 0.451 e. The van der Waals surface area contributed by atoms with Crippen molar-refractivity contribution in [2.24, 2.45) is 0 Å². The summed E-state index contributed by atoms with van der Waals surface area (Å²) < 4.78 is 38.3. The summed E-state index contributed by atoms with van der Waals surface area (Å²) >= 11 is 1.62. The van der Waals surface area contributed by atoms with Crippen LogP contribution in [0.1, 0.15) is 22.6 Å². The molecule has 4 heterocycles. The Hall–Kier alpha value is -2.32. The molecule has 4 nitrogen and oxygen atoms in total. The highest BCUT2D eigenvalue weighted by Crippen LogP contribution is 2.29. The Kier molecular flexibility index (Phi) is 4.46. The molecule has 0 atom stereocenters. The first-order valence-electron chi connectivity index (χ1n) is 8.11. The fourth-order valence-electron chi connectivity index (χ4n) is 3.11. The second-order valence-electron chi connectivity index (χ2n) is 6.15. The van der Waals surface area contributed by atoms with Crippen LogP contribution in [0.4, 0.5) is 13.2 Å². The Balaban J connectivity index is 1.54. The Labute approximate surface area is 152 Å². The van der Waals surface area contributed by atoms with Crippen molar-refractivity contribution in [1.82, 2.24) is 19.9 Å². The van der Waals surface area contributed by atoms with Crippen LogP contribution in [0.25, 0.3) is 11.3 Å². The second kappa shape index (κ2) is 6.77. The van der Waals surface area contributed by atoms with Gasteiger partial charge in [-0.1, -0.05) is 6.07 Å². The van der Waals surface area contributed by atoms with Gasteiger partial charge in [0.25, 0.3) is 0 Å². The minimum Gasteiger partial charge on any atom is -0.294 e. The molecule has 134 valence electrons. The number of nitrogens with zero attached hydrogens (tertiary/aromatic N) is 4. The molecule has 0 saturated heterocycles. The van der Waals surface area contributed by atoms with Crippen molar-refractivity contribution in [3.05, 3.63) is 64.0 Å². The number of fused-ring (bicyclic) bond motifs is 1. The normalized spacial score (nSPS) is 15.0. The zero-order valence-corrected chi connectivity index (χ0v) is 14.5. The van der Waals surface area contributed by atoms with Crippen LogP contribution in [-0.4, -0.2) is 26.4 Å². The van der Waals surface area contributed by atoms with E-state index in [1.54, 1.807) is 17.5 Å². The molecule has 4 rings (SSSR count). The summed E-state index contributed by atoms with van der Waals surface area (Å²) in [5, 5.41) is 4.07. The monoisotopic (exact) mass is 376 g/mol. The zero-order valence-electron chi connectivity index (χ0n) is 13.7. The predicted molar refractivity (Wildman–Crippen MR) is 92.4 cm³/mol. The fourth-order valence-corrected chi connectivity index (χ4v) is 3.75. The van der Waals surface area contributed by atoms with Gasteiger partial charge in [-0.2, -0.15) is 24.5 Å². The highest BCUT2D eigenvalue weighted by atomic mass is 32.1. The van der Waals surface area contributed by atoms with E-state index in [2.05, 4.69) is 25.2 Å². The van der Waals surface area contributed by atoms with Crippen molar-refractivity contribution in [2.75, 3.05) is 6.54 Å². The lowest BCUT2D eigenvalue weighted by Gasteiger charge is -2.28. The van der Waals surface area contributed by atoms with Crippen molar-refractivity contribution in [3.63, 3.8) is 0 Å². The minimum atomic E-state index is -4.50. The van der Waals surface area contributed by atoms with E-state index in [1.807, 2.05) is 23.6 Å². The topological polar surface area (TPSA) is 41.9 Å². The molecular formula is C18H15F3N4S. The molecule has 0 saturated carbocycles. The minimum absolute atomic E-state index is 0.481. The third-order valence-electron chi connectivity index (χ3n) is 4.35. The first-order chi connectivity index (χ1) is 12.5. The third-order valence-corrected chi connectivity index (χ3v) is 5.03. The first-order valence-corrected chi connectivity index (χ1v) is 9.06. The van der Waals surface area contributed by atoms with Gasteiger partial charge >= 0.3 is 6.18 Å². The van der Waals surface area contributed by atoms with Crippen molar-refractivity contribution in [1.29, 1.82) is 0 Å². The molecule has 1 aliphatic rings. The standard InChI is InChI=1S/C18H15F3N4S/c19-18(20,21)17-23-8-14-10-25(6-3-15(14)24-17)9-12-2-1-5-22-16(12)13-4-7-26-11-13/h1-2,4-5,7-8,11H,3,6,9-10H2. The average molecular weight is 376 g/mol. The van der Waals surface area contributed by atoms with Gasteiger partial charge in [0.05, 0.1) is 11.4 Å². The molecule has 0 aromatic carbocycles. The lowest BCUT2D eigenvalue weighted by atomic mass is 10.0. The van der Waals surface area contributed by atoms with Gasteiger partial charge in [-0.3, -0.25) is 9.88 Å². The molecule has 3 aromatic heterocycles. The molecule has 8 heteroatoms. The number of aromatic nitrogens is 3. The summed E-state index contributed by atoms with van der Waals surface area (Å²) in [7, 11) is 0.